The maximum atomic E-state index is 12.4. The van der Waals surface area contributed by atoms with Crippen LogP contribution in [0.5, 0.6) is 0 Å². The van der Waals surface area contributed by atoms with Crippen LogP contribution in [0.1, 0.15) is 12.0 Å². The molecule has 0 aliphatic rings. The first-order valence-corrected chi connectivity index (χ1v) is 7.52. The number of rotatable bonds is 4. The number of aromatic nitrogens is 4. The van der Waals surface area contributed by atoms with E-state index in [1.54, 1.807) is 4.68 Å². The van der Waals surface area contributed by atoms with Crippen LogP contribution in [-0.4, -0.2) is 31.2 Å². The fourth-order valence-corrected chi connectivity index (χ4v) is 2.31. The molecule has 0 radical (unpaired) electrons. The van der Waals surface area contributed by atoms with Gasteiger partial charge in [-0.15, -0.1) is 11.6 Å². The molecule has 23 heavy (non-hydrogen) atoms. The Hall–Kier alpha value is -2.67. The highest BCUT2D eigenvalue weighted by atomic mass is 35.5. The molecule has 0 saturated heterocycles. The number of fused-ring (bicyclic) bond motifs is 1. The molecule has 0 aliphatic carbocycles. The van der Waals surface area contributed by atoms with Gasteiger partial charge >= 0.3 is 0 Å². The van der Waals surface area contributed by atoms with Crippen molar-refractivity contribution in [3.8, 4) is 5.69 Å². The molecule has 0 atom stereocenters. The smallest absolute Gasteiger partial charge is 0.273 e. The standard InChI is InChI=1S/C15H14ClN5O2/c1-10-2-4-11(5-3-10)21-14-12(8-18-21)15(23)20(9-17-14)19-13(22)6-7-16/h2-5,8-9H,6-7H2,1H3,(H,19,22). The van der Waals surface area contributed by atoms with Crippen LogP contribution in [0.15, 0.2) is 41.6 Å². The zero-order valence-electron chi connectivity index (χ0n) is 12.4. The molecule has 2 heterocycles. The molecular formula is C15H14ClN5O2. The minimum absolute atomic E-state index is 0.120. The number of alkyl halides is 1. The lowest BCUT2D eigenvalue weighted by Crippen LogP contribution is -2.33. The van der Waals surface area contributed by atoms with Gasteiger partial charge in [0, 0.05) is 12.3 Å². The summed E-state index contributed by atoms with van der Waals surface area (Å²) in [6, 6.07) is 7.71. The highest BCUT2D eigenvalue weighted by molar-refractivity contribution is 6.19. The van der Waals surface area contributed by atoms with E-state index in [2.05, 4.69) is 15.5 Å². The third-order valence-electron chi connectivity index (χ3n) is 3.33. The third kappa shape index (κ3) is 2.95. The van der Waals surface area contributed by atoms with Crippen molar-refractivity contribution in [3.05, 3.63) is 52.7 Å². The van der Waals surface area contributed by atoms with E-state index in [1.807, 2.05) is 31.2 Å². The molecule has 1 aromatic carbocycles. The summed E-state index contributed by atoms with van der Waals surface area (Å²) >= 11 is 5.50. The van der Waals surface area contributed by atoms with Crippen LogP contribution in [0.2, 0.25) is 0 Å². The topological polar surface area (TPSA) is 81.8 Å². The number of nitrogens with zero attached hydrogens (tertiary/aromatic N) is 4. The van der Waals surface area contributed by atoms with Crippen molar-refractivity contribution in [2.45, 2.75) is 13.3 Å². The Kier molecular flexibility index (Phi) is 4.12. The maximum Gasteiger partial charge on any atom is 0.283 e. The van der Waals surface area contributed by atoms with E-state index in [1.165, 1.54) is 12.5 Å². The van der Waals surface area contributed by atoms with Gasteiger partial charge in [-0.2, -0.15) is 5.10 Å². The zero-order chi connectivity index (χ0) is 16.4. The second-order valence-corrected chi connectivity index (χ2v) is 5.40. The number of aryl methyl sites for hydroxylation is 1. The molecule has 0 aliphatic heterocycles. The molecule has 118 valence electrons. The lowest BCUT2D eigenvalue weighted by Gasteiger charge is -2.07. The van der Waals surface area contributed by atoms with Crippen molar-refractivity contribution < 1.29 is 4.79 Å². The van der Waals surface area contributed by atoms with Gasteiger partial charge in [0.1, 0.15) is 11.7 Å². The van der Waals surface area contributed by atoms with Gasteiger partial charge in [0.25, 0.3) is 5.56 Å². The van der Waals surface area contributed by atoms with Gasteiger partial charge in [0.05, 0.1) is 11.9 Å². The van der Waals surface area contributed by atoms with Gasteiger partial charge in [-0.3, -0.25) is 15.0 Å². The number of hydrogen-bond donors (Lipinski definition) is 1. The van der Waals surface area contributed by atoms with Crippen molar-refractivity contribution >= 4 is 28.5 Å². The lowest BCUT2D eigenvalue weighted by molar-refractivity contribution is -0.116. The summed E-state index contributed by atoms with van der Waals surface area (Å²) in [5.41, 5.74) is 4.42. The molecular weight excluding hydrogens is 318 g/mol. The van der Waals surface area contributed by atoms with Crippen molar-refractivity contribution in [1.29, 1.82) is 0 Å². The van der Waals surface area contributed by atoms with E-state index in [4.69, 9.17) is 11.6 Å². The molecule has 2 aromatic heterocycles. The molecule has 1 N–H and O–H groups in total. The van der Waals surface area contributed by atoms with E-state index >= 15 is 0 Å². The molecule has 0 saturated carbocycles. The molecule has 3 aromatic rings. The van der Waals surface area contributed by atoms with Crippen molar-refractivity contribution in [3.63, 3.8) is 0 Å². The van der Waals surface area contributed by atoms with Crippen molar-refractivity contribution in [2.24, 2.45) is 0 Å². The number of amides is 1. The Bertz CT molecular complexity index is 914. The Balaban J connectivity index is 2.02. The molecule has 7 nitrogen and oxygen atoms in total. The van der Waals surface area contributed by atoms with Gasteiger partial charge in [0.2, 0.25) is 5.91 Å². The van der Waals surface area contributed by atoms with Crippen molar-refractivity contribution in [1.82, 2.24) is 19.4 Å². The fraction of sp³-hybridized carbons (Fsp3) is 0.200. The summed E-state index contributed by atoms with van der Waals surface area (Å²) < 4.78 is 2.62. The largest absolute Gasteiger partial charge is 0.283 e. The number of carbonyl (C=O) groups is 1. The summed E-state index contributed by atoms with van der Waals surface area (Å²) in [7, 11) is 0. The van der Waals surface area contributed by atoms with E-state index in [-0.39, 0.29) is 18.2 Å². The van der Waals surface area contributed by atoms with Gasteiger partial charge in [-0.25, -0.2) is 14.3 Å². The quantitative estimate of drug-likeness (QED) is 0.736. The lowest BCUT2D eigenvalue weighted by atomic mass is 10.2. The first-order valence-electron chi connectivity index (χ1n) is 6.98. The Labute approximate surface area is 136 Å². The van der Waals surface area contributed by atoms with Crippen LogP contribution in [0, 0.1) is 6.92 Å². The van der Waals surface area contributed by atoms with Crippen LogP contribution in [0.3, 0.4) is 0 Å². The Morgan fingerprint density at radius 3 is 2.74 bits per heavy atom. The first-order chi connectivity index (χ1) is 11.1. The van der Waals surface area contributed by atoms with Gasteiger partial charge < -0.3 is 0 Å². The molecule has 0 spiro atoms. The maximum absolute atomic E-state index is 12.4. The average Bonchev–Trinajstić information content (AvgIpc) is 2.96. The van der Waals surface area contributed by atoms with Crippen LogP contribution >= 0.6 is 11.6 Å². The predicted molar refractivity (Wildman–Crippen MR) is 87.6 cm³/mol. The second-order valence-electron chi connectivity index (χ2n) is 5.02. The predicted octanol–water partition coefficient (Wildman–Crippen LogP) is 1.59. The van der Waals surface area contributed by atoms with E-state index < -0.39 is 5.56 Å². The summed E-state index contributed by atoms with van der Waals surface area (Å²) in [5, 5.41) is 4.54. The number of hydrogen-bond acceptors (Lipinski definition) is 4. The van der Waals surface area contributed by atoms with Crippen LogP contribution in [0.4, 0.5) is 0 Å². The summed E-state index contributed by atoms with van der Waals surface area (Å²) in [5.74, 6) is -0.170. The zero-order valence-corrected chi connectivity index (χ0v) is 13.1. The first kappa shape index (κ1) is 15.2. The normalized spacial score (nSPS) is 10.9. The number of halogens is 1. The molecule has 1 amide bonds. The van der Waals surface area contributed by atoms with E-state index in [9.17, 15) is 9.59 Å². The molecule has 3 rings (SSSR count). The molecule has 0 bridgehead atoms. The minimum Gasteiger partial charge on any atom is -0.273 e. The van der Waals surface area contributed by atoms with Crippen molar-refractivity contribution in [2.75, 3.05) is 11.3 Å². The van der Waals surface area contributed by atoms with Gasteiger partial charge in [-0.05, 0) is 19.1 Å². The van der Waals surface area contributed by atoms with Gasteiger partial charge in [0.15, 0.2) is 5.65 Å². The second kappa shape index (κ2) is 6.21. The monoisotopic (exact) mass is 331 g/mol. The molecule has 0 fully saturated rings. The SMILES string of the molecule is Cc1ccc(-n2ncc3c(=O)n(NC(=O)CCCl)cnc32)cc1. The number of nitrogens with one attached hydrogen (secondary N) is 1. The Morgan fingerprint density at radius 2 is 2.04 bits per heavy atom. The minimum atomic E-state index is -0.392. The van der Waals surface area contributed by atoms with E-state index in [0.717, 1.165) is 15.9 Å². The fourth-order valence-electron chi connectivity index (χ4n) is 2.14. The highest BCUT2D eigenvalue weighted by Crippen LogP contribution is 2.14. The molecule has 8 heteroatoms. The summed E-state index contributed by atoms with van der Waals surface area (Å²) in [6.07, 6.45) is 2.83. The van der Waals surface area contributed by atoms with Crippen LogP contribution in [-0.2, 0) is 4.79 Å². The van der Waals surface area contributed by atoms with Gasteiger partial charge in [-0.1, -0.05) is 17.7 Å². The third-order valence-corrected chi connectivity index (χ3v) is 3.52. The number of benzene rings is 1. The average molecular weight is 332 g/mol. The Morgan fingerprint density at radius 1 is 1.30 bits per heavy atom. The van der Waals surface area contributed by atoms with Crippen LogP contribution in [0.25, 0.3) is 16.7 Å². The number of carbonyl (C=O) groups excluding carboxylic acids is 1. The molecule has 0 unspecified atom stereocenters. The summed E-state index contributed by atoms with van der Waals surface area (Å²) in [4.78, 5) is 28.2. The van der Waals surface area contributed by atoms with E-state index in [0.29, 0.717) is 11.0 Å². The summed E-state index contributed by atoms with van der Waals surface area (Å²) in [6.45, 7) is 1.99. The van der Waals surface area contributed by atoms with Crippen LogP contribution < -0.4 is 11.0 Å². The highest BCUT2D eigenvalue weighted by Gasteiger charge is 2.12.